The summed E-state index contributed by atoms with van der Waals surface area (Å²) in [6.45, 7) is 9.34. The van der Waals surface area contributed by atoms with Crippen LogP contribution < -0.4 is 0 Å². The maximum atomic E-state index is 12.8. The highest BCUT2D eigenvalue weighted by Gasteiger charge is 2.43. The molecule has 4 aliphatic heterocycles. The van der Waals surface area contributed by atoms with Crippen molar-refractivity contribution in [2.75, 3.05) is 45.9 Å². The summed E-state index contributed by atoms with van der Waals surface area (Å²) < 4.78 is 11.7. The summed E-state index contributed by atoms with van der Waals surface area (Å²) in [5.41, 5.74) is 0. The van der Waals surface area contributed by atoms with Gasteiger partial charge in [0.15, 0.2) is 0 Å². The average molecular weight is 351 g/mol. The number of amides is 1. The van der Waals surface area contributed by atoms with Crippen LogP contribution in [0.25, 0.3) is 0 Å². The van der Waals surface area contributed by atoms with Crippen LogP contribution in [0.4, 0.5) is 0 Å². The summed E-state index contributed by atoms with van der Waals surface area (Å²) in [6.07, 6.45) is 6.90. The molecule has 142 valence electrons. The molecule has 4 fully saturated rings. The minimum absolute atomic E-state index is 0.175. The Kier molecular flexibility index (Phi) is 5.63. The number of carbonyl (C=O) groups excluding carboxylic acids is 1. The van der Waals surface area contributed by atoms with Crippen LogP contribution in [0.3, 0.4) is 0 Å². The van der Waals surface area contributed by atoms with E-state index >= 15 is 0 Å². The molecule has 1 amide bonds. The third kappa shape index (κ3) is 4.20. The fourth-order valence-corrected chi connectivity index (χ4v) is 5.05. The molecular formula is C20H34N2O3. The van der Waals surface area contributed by atoms with Crippen LogP contribution in [0.1, 0.15) is 45.4 Å². The van der Waals surface area contributed by atoms with E-state index in [2.05, 4.69) is 16.7 Å². The normalized spacial score (nSPS) is 35.7. The van der Waals surface area contributed by atoms with E-state index in [1.807, 2.05) is 0 Å². The van der Waals surface area contributed by atoms with E-state index in [0.717, 1.165) is 63.9 Å². The van der Waals surface area contributed by atoms with Crippen LogP contribution in [0.15, 0.2) is 0 Å². The van der Waals surface area contributed by atoms with Gasteiger partial charge in [0.25, 0.3) is 5.91 Å². The Morgan fingerprint density at radius 3 is 2.56 bits per heavy atom. The van der Waals surface area contributed by atoms with E-state index in [-0.39, 0.29) is 18.1 Å². The van der Waals surface area contributed by atoms with Crippen molar-refractivity contribution in [3.8, 4) is 0 Å². The first-order valence-corrected chi connectivity index (χ1v) is 10.4. The molecule has 0 spiro atoms. The van der Waals surface area contributed by atoms with E-state index in [1.165, 1.54) is 32.4 Å². The van der Waals surface area contributed by atoms with E-state index in [1.54, 1.807) is 0 Å². The standard InChI is InChI=1S/C20H34N2O3/c1-15-2-8-22(9-3-15)20(23)18-12-17-4-7-21(14-19(17)25-18)13-16-5-10-24-11-6-16/h15-19H,2-14H2,1H3/t17-,18+,19+/m0/s1. The zero-order valence-corrected chi connectivity index (χ0v) is 15.7. The largest absolute Gasteiger partial charge is 0.381 e. The van der Waals surface area contributed by atoms with E-state index < -0.39 is 0 Å². The minimum Gasteiger partial charge on any atom is -0.381 e. The first-order valence-electron chi connectivity index (χ1n) is 10.4. The molecule has 4 heterocycles. The van der Waals surface area contributed by atoms with E-state index in [9.17, 15) is 4.79 Å². The van der Waals surface area contributed by atoms with Gasteiger partial charge in [0, 0.05) is 39.4 Å². The number of hydrogen-bond donors (Lipinski definition) is 0. The lowest BCUT2D eigenvalue weighted by Gasteiger charge is -2.37. The van der Waals surface area contributed by atoms with Crippen LogP contribution in [0.2, 0.25) is 0 Å². The molecule has 0 unspecified atom stereocenters. The number of rotatable bonds is 3. The molecule has 0 N–H and O–H groups in total. The number of fused-ring (bicyclic) bond motifs is 1. The quantitative estimate of drug-likeness (QED) is 0.782. The Morgan fingerprint density at radius 2 is 1.80 bits per heavy atom. The summed E-state index contributed by atoms with van der Waals surface area (Å²) in [6, 6.07) is 0. The number of nitrogens with zero attached hydrogens (tertiary/aromatic N) is 2. The van der Waals surface area contributed by atoms with Gasteiger partial charge in [-0.25, -0.2) is 0 Å². The predicted octanol–water partition coefficient (Wildman–Crippen LogP) is 2.15. The second-order valence-electron chi connectivity index (χ2n) is 8.77. The SMILES string of the molecule is CC1CCN(C(=O)[C@H]2C[C@@H]3CCN(CC4CCOCC4)C[C@H]3O2)CC1. The zero-order chi connectivity index (χ0) is 17.2. The van der Waals surface area contributed by atoms with Crippen LogP contribution in [0, 0.1) is 17.8 Å². The van der Waals surface area contributed by atoms with Crippen molar-refractivity contribution in [3.05, 3.63) is 0 Å². The molecule has 0 aromatic heterocycles. The molecule has 0 bridgehead atoms. The number of carbonyl (C=O) groups is 1. The molecule has 0 saturated carbocycles. The first kappa shape index (κ1) is 17.7. The number of piperidine rings is 2. The molecule has 3 atom stereocenters. The van der Waals surface area contributed by atoms with Gasteiger partial charge >= 0.3 is 0 Å². The van der Waals surface area contributed by atoms with Gasteiger partial charge in [-0.2, -0.15) is 0 Å². The van der Waals surface area contributed by atoms with Crippen molar-refractivity contribution >= 4 is 5.91 Å². The molecule has 4 aliphatic rings. The van der Waals surface area contributed by atoms with Gasteiger partial charge in [0.05, 0.1) is 6.10 Å². The number of likely N-dealkylation sites (tertiary alicyclic amines) is 2. The Bertz CT molecular complexity index is 458. The summed E-state index contributed by atoms with van der Waals surface area (Å²) in [4.78, 5) is 17.5. The Balaban J connectivity index is 1.27. The van der Waals surface area contributed by atoms with E-state index in [4.69, 9.17) is 9.47 Å². The lowest BCUT2D eigenvalue weighted by Crippen LogP contribution is -2.45. The van der Waals surface area contributed by atoms with Crippen molar-refractivity contribution in [1.82, 2.24) is 9.80 Å². The summed E-state index contributed by atoms with van der Waals surface area (Å²) in [5.74, 6) is 2.38. The topological polar surface area (TPSA) is 42.0 Å². The molecule has 5 nitrogen and oxygen atoms in total. The van der Waals surface area contributed by atoms with Gasteiger partial charge in [-0.3, -0.25) is 4.79 Å². The maximum Gasteiger partial charge on any atom is 0.251 e. The van der Waals surface area contributed by atoms with Gasteiger partial charge in [-0.15, -0.1) is 0 Å². The van der Waals surface area contributed by atoms with Gasteiger partial charge in [-0.05, 0) is 62.8 Å². The van der Waals surface area contributed by atoms with Crippen LogP contribution in [-0.2, 0) is 14.3 Å². The average Bonchev–Trinajstić information content (AvgIpc) is 3.06. The fraction of sp³-hybridized carbons (Fsp3) is 0.950. The Morgan fingerprint density at radius 1 is 1.04 bits per heavy atom. The smallest absolute Gasteiger partial charge is 0.251 e. The van der Waals surface area contributed by atoms with Crippen LogP contribution >= 0.6 is 0 Å². The second-order valence-corrected chi connectivity index (χ2v) is 8.77. The highest BCUT2D eigenvalue weighted by molar-refractivity contribution is 5.81. The first-order chi connectivity index (χ1) is 12.2. The molecule has 0 aliphatic carbocycles. The molecular weight excluding hydrogens is 316 g/mol. The van der Waals surface area contributed by atoms with E-state index in [0.29, 0.717) is 5.92 Å². The van der Waals surface area contributed by atoms with Crippen molar-refractivity contribution in [3.63, 3.8) is 0 Å². The lowest BCUT2D eigenvalue weighted by atomic mass is 9.90. The van der Waals surface area contributed by atoms with Crippen molar-refractivity contribution in [2.45, 2.75) is 57.7 Å². The zero-order valence-electron chi connectivity index (χ0n) is 15.7. The summed E-state index contributed by atoms with van der Waals surface area (Å²) in [5, 5.41) is 0. The Labute approximate surface area is 152 Å². The molecule has 0 aromatic rings. The third-order valence-corrected chi connectivity index (χ3v) is 6.86. The second kappa shape index (κ2) is 7.93. The lowest BCUT2D eigenvalue weighted by molar-refractivity contribution is -0.145. The fourth-order valence-electron chi connectivity index (χ4n) is 5.05. The van der Waals surface area contributed by atoms with Gasteiger partial charge in [0.1, 0.15) is 6.10 Å². The predicted molar refractivity (Wildman–Crippen MR) is 96.3 cm³/mol. The maximum absolute atomic E-state index is 12.8. The minimum atomic E-state index is -0.175. The van der Waals surface area contributed by atoms with Crippen LogP contribution in [-0.4, -0.2) is 73.9 Å². The van der Waals surface area contributed by atoms with Crippen molar-refractivity contribution in [1.29, 1.82) is 0 Å². The summed E-state index contributed by atoms with van der Waals surface area (Å²) >= 11 is 0. The van der Waals surface area contributed by atoms with Gasteiger partial charge in [0.2, 0.25) is 0 Å². The summed E-state index contributed by atoms with van der Waals surface area (Å²) in [7, 11) is 0. The molecule has 25 heavy (non-hydrogen) atoms. The molecule has 5 heteroatoms. The highest BCUT2D eigenvalue weighted by atomic mass is 16.5. The van der Waals surface area contributed by atoms with Crippen molar-refractivity contribution < 1.29 is 14.3 Å². The van der Waals surface area contributed by atoms with Crippen LogP contribution in [0.5, 0.6) is 0 Å². The highest BCUT2D eigenvalue weighted by Crippen LogP contribution is 2.35. The molecule has 0 radical (unpaired) electrons. The molecule has 0 aromatic carbocycles. The Hall–Kier alpha value is -0.650. The van der Waals surface area contributed by atoms with Gasteiger partial charge in [-0.1, -0.05) is 6.92 Å². The van der Waals surface area contributed by atoms with Crippen molar-refractivity contribution in [2.24, 2.45) is 17.8 Å². The monoisotopic (exact) mass is 350 g/mol. The number of ether oxygens (including phenoxy) is 2. The number of hydrogen-bond acceptors (Lipinski definition) is 4. The molecule has 4 rings (SSSR count). The molecule has 4 saturated heterocycles. The van der Waals surface area contributed by atoms with Gasteiger partial charge < -0.3 is 19.3 Å². The third-order valence-electron chi connectivity index (χ3n) is 6.86.